The molecule has 0 fully saturated rings. The number of nitrogens with zero attached hydrogens (tertiary/aromatic N) is 1. The maximum absolute atomic E-state index is 9.63. The van der Waals surface area contributed by atoms with Gasteiger partial charge in [0, 0.05) is 17.9 Å². The van der Waals surface area contributed by atoms with Crippen molar-refractivity contribution >= 4 is 6.08 Å². The molecule has 0 unspecified atom stereocenters. The van der Waals surface area contributed by atoms with Gasteiger partial charge in [-0.15, -0.1) is 0 Å². The van der Waals surface area contributed by atoms with Crippen LogP contribution in [0, 0.1) is 0 Å². The van der Waals surface area contributed by atoms with Crippen LogP contribution in [0.15, 0.2) is 41.1 Å². The number of aromatic nitrogens is 1. The summed E-state index contributed by atoms with van der Waals surface area (Å²) in [5, 5.41) is 13.5. The van der Waals surface area contributed by atoms with Crippen molar-refractivity contribution in [3.05, 3.63) is 59.0 Å². The van der Waals surface area contributed by atoms with Crippen LogP contribution in [0.2, 0.25) is 0 Å². The Morgan fingerprint density at radius 2 is 1.87 bits per heavy atom. The minimum absolute atomic E-state index is 0.0368. The molecule has 1 heterocycles. The van der Waals surface area contributed by atoms with Gasteiger partial charge in [-0.05, 0) is 22.1 Å². The molecule has 1 N–H and O–H groups in total. The molecule has 0 atom stereocenters. The Balaban J connectivity index is 2.33. The summed E-state index contributed by atoms with van der Waals surface area (Å²) in [4.78, 5) is 0. The van der Waals surface area contributed by atoms with E-state index in [1.165, 1.54) is 16.7 Å². The zero-order valence-corrected chi connectivity index (χ0v) is 14.8. The van der Waals surface area contributed by atoms with Crippen molar-refractivity contribution in [1.29, 1.82) is 0 Å². The van der Waals surface area contributed by atoms with Gasteiger partial charge in [0.05, 0.1) is 12.3 Å². The SMILES string of the molecule is CC(C)(C)c1cc(C(C)(C)CO)ccc1/C=C/Cc1ccon1. The van der Waals surface area contributed by atoms with Crippen molar-refractivity contribution in [2.75, 3.05) is 6.61 Å². The Morgan fingerprint density at radius 3 is 2.43 bits per heavy atom. The van der Waals surface area contributed by atoms with Crippen LogP contribution in [0.5, 0.6) is 0 Å². The minimum Gasteiger partial charge on any atom is -0.395 e. The fourth-order valence-electron chi connectivity index (χ4n) is 2.51. The first-order valence-corrected chi connectivity index (χ1v) is 8.06. The quantitative estimate of drug-likeness (QED) is 0.884. The smallest absolute Gasteiger partial charge is 0.124 e. The first kappa shape index (κ1) is 17.5. The van der Waals surface area contributed by atoms with Crippen LogP contribution in [0.1, 0.15) is 57.0 Å². The van der Waals surface area contributed by atoms with E-state index >= 15 is 0 Å². The summed E-state index contributed by atoms with van der Waals surface area (Å²) in [5.74, 6) is 0. The Kier molecular flexibility index (Phi) is 5.10. The van der Waals surface area contributed by atoms with Crippen molar-refractivity contribution in [1.82, 2.24) is 5.16 Å². The van der Waals surface area contributed by atoms with Gasteiger partial charge < -0.3 is 9.63 Å². The maximum atomic E-state index is 9.63. The van der Waals surface area contributed by atoms with Crippen LogP contribution in [-0.2, 0) is 17.3 Å². The molecule has 0 aliphatic rings. The highest BCUT2D eigenvalue weighted by Gasteiger charge is 2.23. The summed E-state index contributed by atoms with van der Waals surface area (Å²) in [6.07, 6.45) is 6.60. The zero-order chi connectivity index (χ0) is 17.1. The number of aliphatic hydroxyl groups excluding tert-OH is 1. The lowest BCUT2D eigenvalue weighted by molar-refractivity contribution is 0.218. The van der Waals surface area contributed by atoms with Crippen LogP contribution >= 0.6 is 0 Å². The highest BCUT2D eigenvalue weighted by molar-refractivity contribution is 5.57. The number of hydrogen-bond donors (Lipinski definition) is 1. The molecule has 0 amide bonds. The summed E-state index contributed by atoms with van der Waals surface area (Å²) in [7, 11) is 0. The second-order valence-corrected chi connectivity index (χ2v) is 7.69. The Hall–Kier alpha value is -1.87. The Labute approximate surface area is 139 Å². The van der Waals surface area contributed by atoms with Gasteiger partial charge in [-0.25, -0.2) is 0 Å². The molecule has 1 aromatic heterocycles. The molecule has 124 valence electrons. The summed E-state index contributed by atoms with van der Waals surface area (Å²) in [6, 6.07) is 8.36. The third kappa shape index (κ3) is 4.32. The average molecular weight is 313 g/mol. The molecule has 3 nitrogen and oxygen atoms in total. The van der Waals surface area contributed by atoms with Crippen molar-refractivity contribution in [2.45, 2.75) is 51.9 Å². The number of hydrogen-bond acceptors (Lipinski definition) is 3. The molecule has 2 aromatic rings. The van der Waals surface area contributed by atoms with Gasteiger partial charge in [0.1, 0.15) is 6.26 Å². The molecule has 0 saturated carbocycles. The zero-order valence-electron chi connectivity index (χ0n) is 14.8. The fraction of sp³-hybridized carbons (Fsp3) is 0.450. The Bertz CT molecular complexity index is 661. The van der Waals surface area contributed by atoms with E-state index in [0.717, 1.165) is 12.1 Å². The molecule has 3 heteroatoms. The van der Waals surface area contributed by atoms with E-state index in [2.05, 4.69) is 70.1 Å². The molecule has 0 aliphatic carbocycles. The van der Waals surface area contributed by atoms with Crippen molar-refractivity contribution in [2.24, 2.45) is 0 Å². The third-order valence-electron chi connectivity index (χ3n) is 4.15. The lowest BCUT2D eigenvalue weighted by atomic mass is 9.78. The lowest BCUT2D eigenvalue weighted by Crippen LogP contribution is -2.23. The number of allylic oxidation sites excluding steroid dienone is 1. The predicted octanol–water partition coefficient (Wildman–Crippen LogP) is 4.50. The van der Waals surface area contributed by atoms with Crippen molar-refractivity contribution in [3.8, 4) is 0 Å². The van der Waals surface area contributed by atoms with Gasteiger partial charge in [-0.3, -0.25) is 0 Å². The normalized spacial score (nSPS) is 13.0. The van der Waals surface area contributed by atoms with E-state index in [1.54, 1.807) is 6.26 Å². The molecule has 1 aromatic carbocycles. The third-order valence-corrected chi connectivity index (χ3v) is 4.15. The second kappa shape index (κ2) is 6.71. The highest BCUT2D eigenvalue weighted by atomic mass is 16.5. The predicted molar refractivity (Wildman–Crippen MR) is 94.5 cm³/mol. The summed E-state index contributed by atoms with van der Waals surface area (Å²) >= 11 is 0. The van der Waals surface area contributed by atoms with Crippen LogP contribution in [0.4, 0.5) is 0 Å². The summed E-state index contributed by atoms with van der Waals surface area (Å²) < 4.78 is 4.85. The number of benzene rings is 1. The van der Waals surface area contributed by atoms with Crippen LogP contribution < -0.4 is 0 Å². The monoisotopic (exact) mass is 313 g/mol. The van der Waals surface area contributed by atoms with Crippen molar-refractivity contribution in [3.63, 3.8) is 0 Å². The van der Waals surface area contributed by atoms with Gasteiger partial charge in [0.15, 0.2) is 0 Å². The van der Waals surface area contributed by atoms with Gasteiger partial charge in [0.25, 0.3) is 0 Å². The lowest BCUT2D eigenvalue weighted by Gasteiger charge is -2.28. The summed E-state index contributed by atoms with van der Waals surface area (Å²) in [6.45, 7) is 10.9. The molecule has 2 rings (SSSR count). The molecule has 0 aliphatic heterocycles. The molecule has 23 heavy (non-hydrogen) atoms. The second-order valence-electron chi connectivity index (χ2n) is 7.69. The first-order chi connectivity index (χ1) is 10.7. The molecular formula is C20H27NO2. The van der Waals surface area contributed by atoms with Gasteiger partial charge in [-0.1, -0.05) is 70.1 Å². The van der Waals surface area contributed by atoms with Gasteiger partial charge in [0.2, 0.25) is 0 Å². The minimum atomic E-state index is -0.233. The molecule has 0 bridgehead atoms. The molecule has 0 saturated heterocycles. The van der Waals surface area contributed by atoms with E-state index in [0.29, 0.717) is 0 Å². The standard InChI is InChI=1S/C20H27NO2/c1-19(2,3)18-13-16(20(4,5)14-22)10-9-15(18)7-6-8-17-11-12-23-21-17/h6-7,9-13,22H,8,14H2,1-5H3/b7-6+. The van der Waals surface area contributed by atoms with Gasteiger partial charge >= 0.3 is 0 Å². The van der Waals surface area contributed by atoms with E-state index < -0.39 is 0 Å². The van der Waals surface area contributed by atoms with Gasteiger partial charge in [-0.2, -0.15) is 0 Å². The van der Waals surface area contributed by atoms with Crippen LogP contribution in [0.25, 0.3) is 6.08 Å². The first-order valence-electron chi connectivity index (χ1n) is 8.06. The molecular weight excluding hydrogens is 286 g/mol. The largest absolute Gasteiger partial charge is 0.395 e. The van der Waals surface area contributed by atoms with Crippen LogP contribution in [-0.4, -0.2) is 16.9 Å². The van der Waals surface area contributed by atoms with E-state index in [4.69, 9.17) is 4.52 Å². The topological polar surface area (TPSA) is 46.3 Å². The molecule has 0 radical (unpaired) electrons. The highest BCUT2D eigenvalue weighted by Crippen LogP contribution is 2.32. The maximum Gasteiger partial charge on any atom is 0.124 e. The van der Waals surface area contributed by atoms with Crippen LogP contribution in [0.3, 0.4) is 0 Å². The van der Waals surface area contributed by atoms with E-state index in [-0.39, 0.29) is 17.4 Å². The van der Waals surface area contributed by atoms with E-state index in [1.807, 2.05) is 6.07 Å². The summed E-state index contributed by atoms with van der Waals surface area (Å²) in [5.41, 5.74) is 4.39. The Morgan fingerprint density at radius 1 is 1.13 bits per heavy atom. The van der Waals surface area contributed by atoms with E-state index in [9.17, 15) is 5.11 Å². The van der Waals surface area contributed by atoms with Crippen molar-refractivity contribution < 1.29 is 9.63 Å². The number of aliphatic hydroxyl groups is 1. The fourth-order valence-corrected chi connectivity index (χ4v) is 2.51. The average Bonchev–Trinajstić information content (AvgIpc) is 2.99. The molecule has 0 spiro atoms. The number of rotatable bonds is 5.